The fraction of sp³-hybridized carbons (Fsp3) is 0.357. The number of hydrogen-bond acceptors (Lipinski definition) is 7. The van der Waals surface area contributed by atoms with Gasteiger partial charge < -0.3 is 25.0 Å². The summed E-state index contributed by atoms with van der Waals surface area (Å²) in [5.74, 6) is 0.215. The van der Waals surface area contributed by atoms with Crippen LogP contribution in [-0.4, -0.2) is 63.2 Å². The Hall–Kier alpha value is -3.56. The first kappa shape index (κ1) is 26.5. The van der Waals surface area contributed by atoms with Gasteiger partial charge >= 0.3 is 11.8 Å². The van der Waals surface area contributed by atoms with Crippen molar-refractivity contribution < 1.29 is 19.1 Å². The molecule has 2 N–H and O–H groups in total. The van der Waals surface area contributed by atoms with Crippen LogP contribution in [0.5, 0.6) is 11.5 Å². The van der Waals surface area contributed by atoms with Crippen LogP contribution in [-0.2, 0) is 16.1 Å². The fourth-order valence-electron chi connectivity index (χ4n) is 4.71. The summed E-state index contributed by atoms with van der Waals surface area (Å²) >= 11 is 1.67. The molecule has 1 aromatic heterocycles. The fourth-order valence-corrected chi connectivity index (χ4v) is 5.67. The van der Waals surface area contributed by atoms with Crippen molar-refractivity contribution in [1.82, 2.24) is 15.5 Å². The lowest BCUT2D eigenvalue weighted by atomic mass is 10.0. The van der Waals surface area contributed by atoms with Crippen molar-refractivity contribution in [2.75, 3.05) is 45.3 Å². The molecule has 1 aliphatic rings. The minimum absolute atomic E-state index is 0.0241. The Balaban J connectivity index is 1.36. The summed E-state index contributed by atoms with van der Waals surface area (Å²) in [4.78, 5) is 31.3. The number of piperazine rings is 1. The van der Waals surface area contributed by atoms with Gasteiger partial charge in [0, 0.05) is 54.9 Å². The highest BCUT2D eigenvalue weighted by Crippen LogP contribution is 2.30. The lowest BCUT2D eigenvalue weighted by molar-refractivity contribution is -0.140. The van der Waals surface area contributed by atoms with E-state index in [4.69, 9.17) is 9.47 Å². The maximum Gasteiger partial charge on any atom is 0.309 e. The van der Waals surface area contributed by atoms with Gasteiger partial charge in [-0.05, 0) is 48.7 Å². The average molecular weight is 523 g/mol. The molecular weight excluding hydrogens is 488 g/mol. The molecule has 2 heterocycles. The lowest BCUT2D eigenvalue weighted by Crippen LogP contribution is -2.53. The van der Waals surface area contributed by atoms with Crippen molar-refractivity contribution in [1.29, 1.82) is 0 Å². The van der Waals surface area contributed by atoms with E-state index >= 15 is 0 Å². The van der Waals surface area contributed by atoms with Gasteiger partial charge in [-0.25, -0.2) is 0 Å². The Morgan fingerprint density at radius 2 is 1.65 bits per heavy atom. The number of amides is 2. The molecule has 9 heteroatoms. The van der Waals surface area contributed by atoms with Gasteiger partial charge in [-0.3, -0.25) is 14.5 Å². The van der Waals surface area contributed by atoms with Gasteiger partial charge in [-0.15, -0.1) is 11.3 Å². The van der Waals surface area contributed by atoms with Gasteiger partial charge in [0.15, 0.2) is 0 Å². The third-order valence-corrected chi connectivity index (χ3v) is 7.59. The zero-order valence-electron chi connectivity index (χ0n) is 21.5. The maximum absolute atomic E-state index is 12.8. The van der Waals surface area contributed by atoms with E-state index in [0.717, 1.165) is 37.5 Å². The van der Waals surface area contributed by atoms with Crippen LogP contribution < -0.4 is 25.0 Å². The first-order valence-corrected chi connectivity index (χ1v) is 13.2. The molecule has 2 atom stereocenters. The van der Waals surface area contributed by atoms with Crippen molar-refractivity contribution in [2.45, 2.75) is 25.6 Å². The van der Waals surface area contributed by atoms with Crippen LogP contribution in [0.25, 0.3) is 0 Å². The van der Waals surface area contributed by atoms with Gasteiger partial charge in [0.2, 0.25) is 0 Å². The molecule has 3 aromatic rings. The minimum atomic E-state index is -0.660. The largest absolute Gasteiger partial charge is 0.497 e. The van der Waals surface area contributed by atoms with Gasteiger partial charge in [0.05, 0.1) is 20.3 Å². The second-order valence-electron chi connectivity index (χ2n) is 8.94. The molecule has 8 nitrogen and oxygen atoms in total. The number of benzene rings is 2. The van der Waals surface area contributed by atoms with E-state index in [1.807, 2.05) is 54.8 Å². The summed E-state index contributed by atoms with van der Waals surface area (Å²) < 4.78 is 10.6. The van der Waals surface area contributed by atoms with Gasteiger partial charge in [-0.2, -0.15) is 0 Å². The number of ether oxygens (including phenoxy) is 2. The van der Waals surface area contributed by atoms with Gasteiger partial charge in [0.25, 0.3) is 0 Å². The van der Waals surface area contributed by atoms with Crippen LogP contribution in [0.3, 0.4) is 0 Å². The number of anilines is 1. The normalized spacial score (nSPS) is 15.5. The Kier molecular flexibility index (Phi) is 9.03. The number of thiophene rings is 1. The first-order chi connectivity index (χ1) is 18.0. The molecule has 37 heavy (non-hydrogen) atoms. The Morgan fingerprint density at radius 3 is 2.30 bits per heavy atom. The van der Waals surface area contributed by atoms with Crippen LogP contribution in [0.2, 0.25) is 0 Å². The Bertz CT molecular complexity index is 1160. The van der Waals surface area contributed by atoms with Gasteiger partial charge in [0.1, 0.15) is 11.5 Å². The summed E-state index contributed by atoms with van der Waals surface area (Å²) in [6, 6.07) is 19.4. The van der Waals surface area contributed by atoms with E-state index in [2.05, 4.69) is 38.6 Å². The van der Waals surface area contributed by atoms with Gasteiger partial charge in [-0.1, -0.05) is 24.3 Å². The van der Waals surface area contributed by atoms with Crippen LogP contribution in [0, 0.1) is 0 Å². The SMILES string of the molecule is COc1ccc(N2CCN([C@@H](c3cccs3)[C@H](C)NC(=O)C(=O)NCc3ccccc3OC)CC2)cc1. The van der Waals surface area contributed by atoms with Crippen LogP contribution >= 0.6 is 11.3 Å². The molecule has 0 saturated carbocycles. The average Bonchev–Trinajstić information content (AvgIpc) is 3.46. The molecule has 1 saturated heterocycles. The summed E-state index contributed by atoms with van der Waals surface area (Å²) in [6.45, 7) is 5.60. The molecule has 1 aliphatic heterocycles. The molecule has 2 amide bonds. The number of nitrogens with zero attached hydrogens (tertiary/aromatic N) is 2. The van der Waals surface area contributed by atoms with Crippen LogP contribution in [0.1, 0.15) is 23.4 Å². The molecule has 2 aromatic carbocycles. The molecule has 0 spiro atoms. The molecule has 0 radical (unpaired) electrons. The van der Waals surface area contributed by atoms with E-state index in [1.54, 1.807) is 25.6 Å². The second-order valence-corrected chi connectivity index (χ2v) is 9.92. The molecule has 0 aliphatic carbocycles. The number of hydrogen-bond donors (Lipinski definition) is 2. The van der Waals surface area contributed by atoms with E-state index in [9.17, 15) is 9.59 Å². The first-order valence-electron chi connectivity index (χ1n) is 12.4. The summed E-state index contributed by atoms with van der Waals surface area (Å²) in [5, 5.41) is 7.69. The maximum atomic E-state index is 12.8. The lowest BCUT2D eigenvalue weighted by Gasteiger charge is -2.42. The zero-order chi connectivity index (χ0) is 26.2. The highest BCUT2D eigenvalue weighted by molar-refractivity contribution is 7.10. The highest BCUT2D eigenvalue weighted by Gasteiger charge is 2.32. The van der Waals surface area contributed by atoms with E-state index in [-0.39, 0.29) is 18.6 Å². The van der Waals surface area contributed by atoms with Crippen LogP contribution in [0.4, 0.5) is 5.69 Å². The van der Waals surface area contributed by atoms with E-state index in [1.165, 1.54) is 10.6 Å². The molecule has 196 valence electrons. The summed E-state index contributed by atoms with van der Waals surface area (Å²) in [5.41, 5.74) is 1.98. The summed E-state index contributed by atoms with van der Waals surface area (Å²) in [7, 11) is 3.25. The van der Waals surface area contributed by atoms with Crippen LogP contribution in [0.15, 0.2) is 66.0 Å². The van der Waals surface area contributed by atoms with Crippen molar-refractivity contribution in [3.63, 3.8) is 0 Å². The number of carbonyl (C=O) groups excluding carboxylic acids is 2. The highest BCUT2D eigenvalue weighted by atomic mass is 32.1. The third-order valence-electron chi connectivity index (χ3n) is 6.65. The number of nitrogens with one attached hydrogen (secondary N) is 2. The quantitative estimate of drug-likeness (QED) is 0.419. The monoisotopic (exact) mass is 522 g/mol. The Morgan fingerprint density at radius 1 is 0.919 bits per heavy atom. The number of para-hydroxylation sites is 1. The standard InChI is InChI=1S/C28H34N4O4S/c1-20(30-28(34)27(33)29-19-21-7-4-5-8-24(21)36-3)26(25-9-6-18-37-25)32-16-14-31(15-17-32)22-10-12-23(35-2)13-11-22/h4-13,18,20,26H,14-17,19H2,1-3H3,(H,29,33)(H,30,34)/t20-,26+/m0/s1. The van der Waals surface area contributed by atoms with Crippen molar-refractivity contribution >= 4 is 28.8 Å². The molecular formula is C28H34N4O4S. The van der Waals surface area contributed by atoms with E-state index < -0.39 is 11.8 Å². The summed E-state index contributed by atoms with van der Waals surface area (Å²) in [6.07, 6.45) is 0. The van der Waals surface area contributed by atoms with Crippen molar-refractivity contribution in [3.05, 3.63) is 76.5 Å². The number of carbonyl (C=O) groups is 2. The zero-order valence-corrected chi connectivity index (χ0v) is 22.3. The third kappa shape index (κ3) is 6.61. The second kappa shape index (κ2) is 12.6. The van der Waals surface area contributed by atoms with Crippen molar-refractivity contribution in [2.24, 2.45) is 0 Å². The van der Waals surface area contributed by atoms with Crippen molar-refractivity contribution in [3.8, 4) is 11.5 Å². The molecule has 1 fully saturated rings. The number of methoxy groups -OCH3 is 2. The molecule has 4 rings (SSSR count). The molecule has 0 unspecified atom stereocenters. The minimum Gasteiger partial charge on any atom is -0.497 e. The predicted molar refractivity (Wildman–Crippen MR) is 146 cm³/mol. The molecule has 0 bridgehead atoms. The predicted octanol–water partition coefficient (Wildman–Crippen LogP) is 3.45. The Labute approximate surface area is 222 Å². The number of rotatable bonds is 9. The smallest absolute Gasteiger partial charge is 0.309 e. The topological polar surface area (TPSA) is 83.1 Å². The van der Waals surface area contributed by atoms with E-state index in [0.29, 0.717) is 5.75 Å².